The summed E-state index contributed by atoms with van der Waals surface area (Å²) in [5.41, 5.74) is 2.94. The fourth-order valence-electron chi connectivity index (χ4n) is 3.17. The normalized spacial score (nSPS) is 17.7. The van der Waals surface area contributed by atoms with Crippen molar-refractivity contribution in [2.75, 3.05) is 0 Å². The van der Waals surface area contributed by atoms with Gasteiger partial charge in [-0.25, -0.2) is 13.6 Å². The molecule has 2 atom stereocenters. The minimum Gasteiger partial charge on any atom is -0.332 e. The number of carbonyl (C=O) groups is 1. The predicted octanol–water partition coefficient (Wildman–Crippen LogP) is 4.40. The highest BCUT2D eigenvalue weighted by molar-refractivity contribution is 5.75. The lowest BCUT2D eigenvalue weighted by atomic mass is 9.88. The van der Waals surface area contributed by atoms with Crippen LogP contribution in [0.5, 0.6) is 0 Å². The summed E-state index contributed by atoms with van der Waals surface area (Å²) in [5.74, 6) is -1.81. The Hall–Kier alpha value is -2.43. The molecule has 3 nitrogen and oxygen atoms in total. The molecule has 0 aliphatic heterocycles. The van der Waals surface area contributed by atoms with Gasteiger partial charge in [0.05, 0.1) is 12.1 Å². The number of urea groups is 1. The van der Waals surface area contributed by atoms with Crippen LogP contribution in [0.1, 0.15) is 48.5 Å². The Morgan fingerprint density at radius 1 is 1.17 bits per heavy atom. The second-order valence-corrected chi connectivity index (χ2v) is 6.16. The second-order valence-electron chi connectivity index (χ2n) is 6.16. The van der Waals surface area contributed by atoms with E-state index in [1.165, 1.54) is 11.6 Å². The second kappa shape index (κ2) is 6.99. The molecule has 0 fully saturated rings. The molecule has 2 unspecified atom stereocenters. The predicted molar refractivity (Wildman–Crippen MR) is 88.6 cm³/mol. The van der Waals surface area contributed by atoms with Gasteiger partial charge in [-0.1, -0.05) is 30.3 Å². The molecular weight excluding hydrogens is 310 g/mol. The van der Waals surface area contributed by atoms with E-state index in [1.807, 2.05) is 18.2 Å². The maximum Gasteiger partial charge on any atom is 0.315 e. The Kier molecular flexibility index (Phi) is 4.79. The number of nitrogens with one attached hydrogen (secondary N) is 2. The molecule has 1 aliphatic rings. The van der Waals surface area contributed by atoms with Crippen LogP contribution in [0.4, 0.5) is 13.6 Å². The highest BCUT2D eigenvalue weighted by atomic mass is 19.2. The van der Waals surface area contributed by atoms with Gasteiger partial charge in [0, 0.05) is 0 Å². The third kappa shape index (κ3) is 3.55. The van der Waals surface area contributed by atoms with E-state index in [-0.39, 0.29) is 12.1 Å². The smallest absolute Gasteiger partial charge is 0.315 e. The van der Waals surface area contributed by atoms with Crippen molar-refractivity contribution in [1.29, 1.82) is 0 Å². The number of hydrogen-bond donors (Lipinski definition) is 2. The molecule has 2 amide bonds. The molecule has 0 saturated heterocycles. The molecule has 2 aromatic rings. The minimum absolute atomic E-state index is 0.0212. The number of carbonyl (C=O) groups excluding carboxylic acids is 1. The molecule has 0 spiro atoms. The van der Waals surface area contributed by atoms with Crippen LogP contribution in [0.2, 0.25) is 0 Å². The Morgan fingerprint density at radius 2 is 1.96 bits per heavy atom. The molecule has 1 aliphatic carbocycles. The zero-order chi connectivity index (χ0) is 17.1. The molecule has 0 bridgehead atoms. The first-order chi connectivity index (χ1) is 11.5. The van der Waals surface area contributed by atoms with Crippen molar-refractivity contribution < 1.29 is 13.6 Å². The standard InChI is InChI=1S/C19H20F2N2O/c1-12(14-9-10-16(20)17(21)11-14)22-19(24)23-18-8-4-6-13-5-2-3-7-15(13)18/h2-3,5,7,9-12,18H,4,6,8H2,1H3,(H2,22,23,24). The Labute approximate surface area is 140 Å². The summed E-state index contributed by atoms with van der Waals surface area (Å²) in [6.07, 6.45) is 2.95. The molecule has 5 heteroatoms. The van der Waals surface area contributed by atoms with Crippen LogP contribution in [-0.2, 0) is 6.42 Å². The quantitative estimate of drug-likeness (QED) is 0.860. The first kappa shape index (κ1) is 16.4. The van der Waals surface area contributed by atoms with Gasteiger partial charge >= 0.3 is 6.03 Å². The number of amides is 2. The molecule has 0 aromatic heterocycles. The van der Waals surface area contributed by atoms with Gasteiger partial charge in [-0.2, -0.15) is 0 Å². The van der Waals surface area contributed by atoms with Gasteiger partial charge in [-0.3, -0.25) is 0 Å². The van der Waals surface area contributed by atoms with Crippen LogP contribution in [0, 0.1) is 11.6 Å². The Bertz CT molecular complexity index is 748. The van der Waals surface area contributed by atoms with E-state index in [0.29, 0.717) is 5.56 Å². The van der Waals surface area contributed by atoms with Crippen LogP contribution in [0.15, 0.2) is 42.5 Å². The molecule has 126 valence electrons. The monoisotopic (exact) mass is 330 g/mol. The highest BCUT2D eigenvalue weighted by Gasteiger charge is 2.22. The van der Waals surface area contributed by atoms with Gasteiger partial charge in [0.2, 0.25) is 0 Å². The van der Waals surface area contributed by atoms with E-state index in [0.717, 1.165) is 37.0 Å². The lowest BCUT2D eigenvalue weighted by molar-refractivity contribution is 0.232. The molecular formula is C19H20F2N2O. The van der Waals surface area contributed by atoms with Crippen LogP contribution >= 0.6 is 0 Å². The SMILES string of the molecule is CC(NC(=O)NC1CCCc2ccccc21)c1ccc(F)c(F)c1. The van der Waals surface area contributed by atoms with Crippen molar-refractivity contribution in [3.05, 3.63) is 70.8 Å². The maximum absolute atomic E-state index is 13.3. The third-order valence-electron chi connectivity index (χ3n) is 4.47. The van der Waals surface area contributed by atoms with Crippen molar-refractivity contribution in [2.24, 2.45) is 0 Å². The molecule has 0 heterocycles. The summed E-state index contributed by atoms with van der Waals surface area (Å²) in [4.78, 5) is 12.3. The van der Waals surface area contributed by atoms with E-state index < -0.39 is 17.7 Å². The van der Waals surface area contributed by atoms with E-state index in [1.54, 1.807) is 6.92 Å². The average molecular weight is 330 g/mol. The number of hydrogen-bond acceptors (Lipinski definition) is 1. The topological polar surface area (TPSA) is 41.1 Å². The van der Waals surface area contributed by atoms with Gasteiger partial charge in [0.15, 0.2) is 11.6 Å². The molecule has 0 radical (unpaired) electrons. The number of rotatable bonds is 3. The van der Waals surface area contributed by atoms with Gasteiger partial charge in [-0.05, 0) is 55.0 Å². The number of fused-ring (bicyclic) bond motifs is 1. The largest absolute Gasteiger partial charge is 0.332 e. The summed E-state index contributed by atoms with van der Waals surface area (Å²) in [6, 6.07) is 11.0. The van der Waals surface area contributed by atoms with E-state index >= 15 is 0 Å². The Balaban J connectivity index is 1.65. The van der Waals surface area contributed by atoms with Crippen LogP contribution in [0.3, 0.4) is 0 Å². The zero-order valence-electron chi connectivity index (χ0n) is 13.5. The van der Waals surface area contributed by atoms with E-state index in [4.69, 9.17) is 0 Å². The third-order valence-corrected chi connectivity index (χ3v) is 4.47. The molecule has 2 aromatic carbocycles. The van der Waals surface area contributed by atoms with Crippen molar-refractivity contribution in [2.45, 2.75) is 38.3 Å². The van der Waals surface area contributed by atoms with E-state index in [9.17, 15) is 13.6 Å². The lowest BCUT2D eigenvalue weighted by Gasteiger charge is -2.27. The lowest BCUT2D eigenvalue weighted by Crippen LogP contribution is -2.40. The number of halogens is 2. The summed E-state index contributed by atoms with van der Waals surface area (Å²) in [7, 11) is 0. The molecule has 3 rings (SSSR count). The van der Waals surface area contributed by atoms with E-state index in [2.05, 4.69) is 16.7 Å². The highest BCUT2D eigenvalue weighted by Crippen LogP contribution is 2.29. The van der Waals surface area contributed by atoms with Gasteiger partial charge in [-0.15, -0.1) is 0 Å². The summed E-state index contributed by atoms with van der Waals surface area (Å²) in [6.45, 7) is 1.74. The van der Waals surface area contributed by atoms with Crippen LogP contribution in [0.25, 0.3) is 0 Å². The zero-order valence-corrected chi connectivity index (χ0v) is 13.5. The number of benzene rings is 2. The fraction of sp³-hybridized carbons (Fsp3) is 0.316. The van der Waals surface area contributed by atoms with Crippen LogP contribution < -0.4 is 10.6 Å². The van der Waals surface area contributed by atoms with Gasteiger partial charge < -0.3 is 10.6 Å². The summed E-state index contributed by atoms with van der Waals surface area (Å²) < 4.78 is 26.3. The summed E-state index contributed by atoms with van der Waals surface area (Å²) >= 11 is 0. The Morgan fingerprint density at radius 3 is 2.75 bits per heavy atom. The van der Waals surface area contributed by atoms with Crippen molar-refractivity contribution in [1.82, 2.24) is 10.6 Å². The van der Waals surface area contributed by atoms with Crippen LogP contribution in [-0.4, -0.2) is 6.03 Å². The molecule has 24 heavy (non-hydrogen) atoms. The summed E-state index contributed by atoms with van der Waals surface area (Å²) in [5, 5.41) is 5.77. The van der Waals surface area contributed by atoms with Crippen molar-refractivity contribution in [3.63, 3.8) is 0 Å². The first-order valence-electron chi connectivity index (χ1n) is 8.14. The minimum atomic E-state index is -0.914. The number of aryl methyl sites for hydroxylation is 1. The van der Waals surface area contributed by atoms with Gasteiger partial charge in [0.25, 0.3) is 0 Å². The van der Waals surface area contributed by atoms with Gasteiger partial charge in [0.1, 0.15) is 0 Å². The average Bonchev–Trinajstić information content (AvgIpc) is 2.57. The van der Waals surface area contributed by atoms with Crippen molar-refractivity contribution in [3.8, 4) is 0 Å². The molecule has 2 N–H and O–H groups in total. The fourth-order valence-corrected chi connectivity index (χ4v) is 3.17. The molecule has 0 saturated carbocycles. The van der Waals surface area contributed by atoms with Crippen molar-refractivity contribution >= 4 is 6.03 Å². The maximum atomic E-state index is 13.3. The first-order valence-corrected chi connectivity index (χ1v) is 8.14.